The summed E-state index contributed by atoms with van der Waals surface area (Å²) in [6.07, 6.45) is 0. The van der Waals surface area contributed by atoms with Gasteiger partial charge in [0.15, 0.2) is 32.6 Å². The first-order valence-corrected chi connectivity index (χ1v) is 5.62. The van der Waals surface area contributed by atoms with Crippen LogP contribution in [0.1, 0.15) is 0 Å². The number of fused-ring (bicyclic) bond motifs is 1. The number of hydrogen-bond acceptors (Lipinski definition) is 1. The zero-order valence-corrected chi connectivity index (χ0v) is 10.5. The fraction of sp³-hybridized carbons (Fsp3) is 0. The standard InChI is InChI=1S/C9H4N.3Al/c1-2-6-9-8(4-1)5-3-7-10-9;;;/h1-2,4,6H;;;. The van der Waals surface area contributed by atoms with Crippen molar-refractivity contribution < 1.29 is 0 Å². The molecular formula is C9H4Al3N. The van der Waals surface area contributed by atoms with Gasteiger partial charge in [0.2, 0.25) is 16.3 Å². The Labute approximate surface area is 102 Å². The third-order valence-corrected chi connectivity index (χ3v) is 4.34. The first-order valence-electron chi connectivity index (χ1n) is 3.89. The zero-order valence-electron chi connectivity index (χ0n) is 6.99. The lowest BCUT2D eigenvalue weighted by Gasteiger charge is -2.11. The lowest BCUT2D eigenvalue weighted by Crippen LogP contribution is -2.41. The Morgan fingerprint density at radius 2 is 1.62 bits per heavy atom. The zero-order chi connectivity index (χ0) is 9.42. The van der Waals surface area contributed by atoms with Crippen LogP contribution in [0, 0.1) is 0 Å². The van der Waals surface area contributed by atoms with Crippen molar-refractivity contribution in [2.45, 2.75) is 0 Å². The van der Waals surface area contributed by atoms with E-state index >= 15 is 0 Å². The summed E-state index contributed by atoms with van der Waals surface area (Å²) in [6, 6.07) is 8.15. The minimum Gasteiger partial charge on any atom is -0.275 e. The molecule has 0 saturated carbocycles. The first-order chi connectivity index (χ1) is 6.20. The van der Waals surface area contributed by atoms with Gasteiger partial charge in [-0.15, -0.1) is 4.43 Å². The van der Waals surface area contributed by atoms with Crippen LogP contribution in [0.25, 0.3) is 10.9 Å². The highest BCUT2D eigenvalue weighted by molar-refractivity contribution is 6.59. The molecule has 0 spiro atoms. The van der Waals surface area contributed by atoms with E-state index in [2.05, 4.69) is 59.9 Å². The summed E-state index contributed by atoms with van der Waals surface area (Å²) in [7, 11) is 0. The quantitative estimate of drug-likeness (QED) is 0.485. The Bertz CT molecular complexity index is 468. The minimum atomic E-state index is 0.994. The average molecular weight is 207 g/mol. The summed E-state index contributed by atoms with van der Waals surface area (Å²) < 4.78 is 3.35. The third-order valence-electron chi connectivity index (χ3n) is 2.00. The van der Waals surface area contributed by atoms with Crippen molar-refractivity contribution in [3.8, 4) is 0 Å². The van der Waals surface area contributed by atoms with Gasteiger partial charge in [0, 0.05) is 0 Å². The van der Waals surface area contributed by atoms with E-state index in [1.807, 2.05) is 18.2 Å². The minimum absolute atomic E-state index is 0.994. The molecule has 1 aromatic carbocycles. The van der Waals surface area contributed by atoms with E-state index in [4.69, 9.17) is 0 Å². The summed E-state index contributed by atoms with van der Waals surface area (Å²) in [5, 5.41) is 1.20. The van der Waals surface area contributed by atoms with Gasteiger partial charge in [0.25, 0.3) is 0 Å². The Balaban J connectivity index is 2.94. The van der Waals surface area contributed by atoms with Crippen LogP contribution >= 0.6 is 0 Å². The van der Waals surface area contributed by atoms with Crippen molar-refractivity contribution in [1.82, 2.24) is 4.98 Å². The Kier molecular flexibility index (Phi) is 2.83. The molecule has 4 heteroatoms. The molecule has 1 heterocycles. The maximum absolute atomic E-state index is 4.46. The maximum atomic E-state index is 4.46. The summed E-state index contributed by atoms with van der Waals surface area (Å²) in [5.74, 6) is 0. The van der Waals surface area contributed by atoms with E-state index in [0.717, 1.165) is 14.5 Å². The van der Waals surface area contributed by atoms with Gasteiger partial charge in [0.05, 0.1) is 5.52 Å². The number of benzene rings is 1. The summed E-state index contributed by atoms with van der Waals surface area (Å²) in [6.45, 7) is 0. The molecule has 0 fully saturated rings. The van der Waals surface area contributed by atoms with E-state index in [1.165, 1.54) is 9.81 Å². The second-order valence-electron chi connectivity index (χ2n) is 2.84. The van der Waals surface area contributed by atoms with Gasteiger partial charge >= 0.3 is 0 Å². The highest BCUT2D eigenvalue weighted by Gasteiger charge is 2.00. The molecule has 0 atom stereocenters. The summed E-state index contributed by atoms with van der Waals surface area (Å²) in [4.78, 5) is 4.46. The molecule has 0 aliphatic heterocycles. The van der Waals surface area contributed by atoms with E-state index in [-0.39, 0.29) is 0 Å². The Morgan fingerprint density at radius 3 is 2.38 bits per heavy atom. The molecule has 0 bridgehead atoms. The Morgan fingerprint density at radius 1 is 0.923 bits per heavy atom. The molecule has 2 aromatic rings. The van der Waals surface area contributed by atoms with Crippen LogP contribution in [0.2, 0.25) is 0 Å². The van der Waals surface area contributed by atoms with Gasteiger partial charge in [-0.05, 0) is 11.5 Å². The number of hydrogen-bond donors (Lipinski definition) is 0. The molecule has 2 rings (SSSR count). The Hall–Kier alpha value is 0.227. The second-order valence-corrected chi connectivity index (χ2v) is 4.54. The number of rotatable bonds is 0. The van der Waals surface area contributed by atoms with Crippen LogP contribution in [-0.2, 0) is 0 Å². The lowest BCUT2D eigenvalue weighted by atomic mass is 10.2. The van der Waals surface area contributed by atoms with Crippen molar-refractivity contribution in [1.29, 1.82) is 0 Å². The molecule has 0 saturated heterocycles. The van der Waals surface area contributed by atoms with Gasteiger partial charge in [-0.1, -0.05) is 22.8 Å². The van der Waals surface area contributed by atoms with Crippen LogP contribution < -0.4 is 13.4 Å². The summed E-state index contributed by atoms with van der Waals surface area (Å²) in [5.41, 5.74) is 1.05. The average Bonchev–Trinajstić information content (AvgIpc) is 2.15. The van der Waals surface area contributed by atoms with Crippen molar-refractivity contribution in [3.63, 3.8) is 0 Å². The van der Waals surface area contributed by atoms with Gasteiger partial charge < -0.3 is 0 Å². The molecular weight excluding hydrogens is 203 g/mol. The molecule has 13 heavy (non-hydrogen) atoms. The second kappa shape index (κ2) is 3.77. The van der Waals surface area contributed by atoms with Crippen LogP contribution in [0.4, 0.5) is 0 Å². The van der Waals surface area contributed by atoms with Crippen molar-refractivity contribution in [2.75, 3.05) is 0 Å². The molecule has 6 radical (unpaired) electrons. The molecule has 0 N–H and O–H groups in total. The summed E-state index contributed by atoms with van der Waals surface area (Å²) >= 11 is 8.12. The predicted molar refractivity (Wildman–Crippen MR) is 57.9 cm³/mol. The van der Waals surface area contributed by atoms with Gasteiger partial charge in [0.1, 0.15) is 0 Å². The van der Waals surface area contributed by atoms with Crippen LogP contribution in [-0.4, -0.2) is 53.9 Å². The molecule has 0 amide bonds. The topological polar surface area (TPSA) is 12.9 Å². The first kappa shape index (κ1) is 9.77. The normalized spacial score (nSPS) is 10.5. The van der Waals surface area contributed by atoms with E-state index in [0.29, 0.717) is 0 Å². The van der Waals surface area contributed by atoms with E-state index < -0.39 is 0 Å². The fourth-order valence-electron chi connectivity index (χ4n) is 1.27. The monoisotopic (exact) mass is 207 g/mol. The van der Waals surface area contributed by atoms with Crippen LogP contribution in [0.5, 0.6) is 0 Å². The molecule has 54 valence electrons. The highest BCUT2D eigenvalue weighted by atomic mass is 27.1. The van der Waals surface area contributed by atoms with Crippen LogP contribution in [0.15, 0.2) is 24.3 Å². The molecule has 0 aliphatic rings. The largest absolute Gasteiger partial charge is 0.275 e. The van der Waals surface area contributed by atoms with Gasteiger partial charge in [-0.2, -0.15) is 4.43 Å². The number of pyridine rings is 1. The highest BCUT2D eigenvalue weighted by Crippen LogP contribution is 2.04. The van der Waals surface area contributed by atoms with Crippen LogP contribution in [0.3, 0.4) is 0 Å². The van der Waals surface area contributed by atoms with Crippen molar-refractivity contribution in [3.05, 3.63) is 24.3 Å². The molecule has 0 unspecified atom stereocenters. The molecule has 0 aliphatic carbocycles. The van der Waals surface area contributed by atoms with Crippen molar-refractivity contribution >= 4 is 73.2 Å². The fourth-order valence-corrected chi connectivity index (χ4v) is 2.35. The maximum Gasteiger partial charge on any atom is 0.207 e. The lowest BCUT2D eigenvalue weighted by molar-refractivity contribution is 1.51. The third kappa shape index (κ3) is 1.73. The molecule has 1 aromatic heterocycles. The van der Waals surface area contributed by atoms with Gasteiger partial charge in [-0.25, -0.2) is 0 Å². The number of nitrogens with zero attached hydrogens (tertiary/aromatic N) is 1. The number of aromatic nitrogens is 1. The van der Waals surface area contributed by atoms with Gasteiger partial charge in [-0.3, -0.25) is 4.98 Å². The predicted octanol–water partition coefficient (Wildman–Crippen LogP) is -1.38. The van der Waals surface area contributed by atoms with E-state index in [9.17, 15) is 0 Å². The number of para-hydroxylation sites is 1. The molecule has 1 nitrogen and oxygen atoms in total. The smallest absolute Gasteiger partial charge is 0.207 e. The van der Waals surface area contributed by atoms with E-state index in [1.54, 1.807) is 0 Å². The van der Waals surface area contributed by atoms with Crippen molar-refractivity contribution in [2.24, 2.45) is 0 Å². The SMILES string of the molecule is [Al][c]1nc2ccccc2[c]([Al])[c]1[Al].